The summed E-state index contributed by atoms with van der Waals surface area (Å²) >= 11 is 0. The van der Waals surface area contributed by atoms with Crippen molar-refractivity contribution in [3.05, 3.63) is 112 Å². The van der Waals surface area contributed by atoms with Gasteiger partial charge in [0.1, 0.15) is 0 Å². The Labute approximate surface area is 200 Å². The monoisotopic (exact) mass is 434 g/mol. The van der Waals surface area contributed by atoms with Crippen molar-refractivity contribution in [1.29, 1.82) is 0 Å². The summed E-state index contributed by atoms with van der Waals surface area (Å²) in [6, 6.07) is 18.7. The predicted molar refractivity (Wildman–Crippen MR) is 142 cm³/mol. The first kappa shape index (κ1) is 22.2. The Balaban J connectivity index is 1.29. The molecule has 1 saturated carbocycles. The molecule has 0 radical (unpaired) electrons. The molecule has 0 bridgehead atoms. The summed E-state index contributed by atoms with van der Waals surface area (Å²) in [5.74, 6) is 2.93. The van der Waals surface area contributed by atoms with Crippen molar-refractivity contribution in [2.75, 3.05) is 0 Å². The molecular formula is C33H38. The summed E-state index contributed by atoms with van der Waals surface area (Å²) in [7, 11) is 0. The summed E-state index contributed by atoms with van der Waals surface area (Å²) in [5, 5.41) is 0. The van der Waals surface area contributed by atoms with Crippen LogP contribution in [0.25, 0.3) is 5.57 Å². The molecule has 0 aromatic heterocycles. The van der Waals surface area contributed by atoms with Gasteiger partial charge in [0.25, 0.3) is 0 Å². The van der Waals surface area contributed by atoms with Crippen molar-refractivity contribution < 1.29 is 0 Å². The molecule has 33 heavy (non-hydrogen) atoms. The largest absolute Gasteiger partial charge is 0.0726 e. The fraction of sp³-hybridized carbons (Fsp3) is 0.394. The van der Waals surface area contributed by atoms with E-state index in [9.17, 15) is 0 Å². The van der Waals surface area contributed by atoms with E-state index in [0.717, 1.165) is 30.6 Å². The van der Waals surface area contributed by atoms with Crippen LogP contribution in [0.5, 0.6) is 0 Å². The van der Waals surface area contributed by atoms with Crippen molar-refractivity contribution >= 4 is 5.57 Å². The van der Waals surface area contributed by atoms with Gasteiger partial charge in [-0.2, -0.15) is 0 Å². The topological polar surface area (TPSA) is 0 Å². The molecule has 5 rings (SSSR count). The molecule has 0 amide bonds. The second-order valence-electron chi connectivity index (χ2n) is 10.6. The highest BCUT2D eigenvalue weighted by Gasteiger charge is 2.26. The van der Waals surface area contributed by atoms with Crippen LogP contribution in [0.15, 0.2) is 90.1 Å². The van der Waals surface area contributed by atoms with Crippen molar-refractivity contribution in [2.45, 2.75) is 65.2 Å². The standard InChI is InChI=1S/C33H38/c1-4-24-8-14-29(15-9-24)32-21-20-30(31-6-5-7-33(31)32)22-25-10-12-27(13-11-25)28-18-16-26(17-19-28)23(2)3/h5-15,20-21,23,26,28,33H,4,16-19,22H2,1-3H3. The second-order valence-corrected chi connectivity index (χ2v) is 10.6. The molecule has 2 aromatic rings. The van der Waals surface area contributed by atoms with Crippen molar-refractivity contribution in [3.63, 3.8) is 0 Å². The van der Waals surface area contributed by atoms with Gasteiger partial charge >= 0.3 is 0 Å². The summed E-state index contributed by atoms with van der Waals surface area (Å²) in [5.41, 5.74) is 10.1. The van der Waals surface area contributed by atoms with E-state index in [-0.39, 0.29) is 0 Å². The van der Waals surface area contributed by atoms with Crippen LogP contribution in [-0.2, 0) is 12.8 Å². The minimum atomic E-state index is 0.396. The minimum Gasteiger partial charge on any atom is -0.0726 e. The highest BCUT2D eigenvalue weighted by molar-refractivity contribution is 5.78. The number of hydrogen-bond acceptors (Lipinski definition) is 0. The Hall–Kier alpha value is -2.60. The molecule has 0 heterocycles. The highest BCUT2D eigenvalue weighted by atomic mass is 14.3. The van der Waals surface area contributed by atoms with E-state index in [0.29, 0.717) is 5.92 Å². The minimum absolute atomic E-state index is 0.396. The zero-order chi connectivity index (χ0) is 22.8. The maximum atomic E-state index is 2.41. The van der Waals surface area contributed by atoms with E-state index in [4.69, 9.17) is 0 Å². The number of hydrogen-bond donors (Lipinski definition) is 0. The van der Waals surface area contributed by atoms with Gasteiger partial charge in [-0.15, -0.1) is 0 Å². The number of benzene rings is 2. The second kappa shape index (κ2) is 9.72. The van der Waals surface area contributed by atoms with Gasteiger partial charge in [0.05, 0.1) is 0 Å². The fourth-order valence-corrected chi connectivity index (χ4v) is 6.06. The molecule has 2 aromatic carbocycles. The number of rotatable bonds is 6. The van der Waals surface area contributed by atoms with E-state index < -0.39 is 0 Å². The zero-order valence-electron chi connectivity index (χ0n) is 20.6. The molecule has 0 heteroatoms. The van der Waals surface area contributed by atoms with Gasteiger partial charge in [0.15, 0.2) is 0 Å². The van der Waals surface area contributed by atoms with Crippen LogP contribution in [0.4, 0.5) is 0 Å². The maximum Gasteiger partial charge on any atom is 0.0281 e. The Morgan fingerprint density at radius 2 is 1.45 bits per heavy atom. The van der Waals surface area contributed by atoms with E-state index in [1.807, 2.05) is 0 Å². The first-order valence-corrected chi connectivity index (χ1v) is 13.1. The van der Waals surface area contributed by atoms with Crippen LogP contribution < -0.4 is 0 Å². The molecule has 1 unspecified atom stereocenters. The van der Waals surface area contributed by atoms with Crippen LogP contribution in [0.1, 0.15) is 74.6 Å². The van der Waals surface area contributed by atoms with Crippen molar-refractivity contribution in [1.82, 2.24) is 0 Å². The summed E-state index contributed by atoms with van der Waals surface area (Å²) in [4.78, 5) is 0. The lowest BCUT2D eigenvalue weighted by atomic mass is 9.74. The van der Waals surface area contributed by atoms with Gasteiger partial charge in [0.2, 0.25) is 0 Å². The Morgan fingerprint density at radius 3 is 2.12 bits per heavy atom. The van der Waals surface area contributed by atoms with Gasteiger partial charge in [-0.1, -0.05) is 99.7 Å². The molecule has 0 aliphatic heterocycles. The normalized spacial score (nSPS) is 24.4. The van der Waals surface area contributed by atoms with E-state index >= 15 is 0 Å². The van der Waals surface area contributed by atoms with Crippen LogP contribution in [0.2, 0.25) is 0 Å². The SMILES string of the molecule is CCc1ccc(C2=CC=C(Cc3ccc(C4CCC(C(C)C)CC4)cc3)C3=CC=CC32)cc1. The number of aryl methyl sites for hydroxylation is 1. The molecule has 3 aliphatic rings. The summed E-state index contributed by atoms with van der Waals surface area (Å²) in [6.07, 6.45) is 19.3. The van der Waals surface area contributed by atoms with Gasteiger partial charge in [-0.25, -0.2) is 0 Å². The lowest BCUT2D eigenvalue weighted by Gasteiger charge is -2.31. The Morgan fingerprint density at radius 1 is 0.758 bits per heavy atom. The van der Waals surface area contributed by atoms with Gasteiger partial charge in [-0.05, 0) is 95.3 Å². The summed E-state index contributed by atoms with van der Waals surface area (Å²) < 4.78 is 0. The van der Waals surface area contributed by atoms with Crippen LogP contribution >= 0.6 is 0 Å². The lowest BCUT2D eigenvalue weighted by molar-refractivity contribution is 0.259. The highest BCUT2D eigenvalue weighted by Crippen LogP contribution is 2.42. The third-order valence-electron chi connectivity index (χ3n) is 8.34. The summed E-state index contributed by atoms with van der Waals surface area (Å²) in [6.45, 7) is 6.99. The van der Waals surface area contributed by atoms with E-state index in [2.05, 4.69) is 99.7 Å². The maximum absolute atomic E-state index is 2.41. The molecule has 3 aliphatic carbocycles. The van der Waals surface area contributed by atoms with Gasteiger partial charge in [-0.3, -0.25) is 0 Å². The molecule has 0 spiro atoms. The molecule has 1 fully saturated rings. The average molecular weight is 435 g/mol. The van der Waals surface area contributed by atoms with Crippen molar-refractivity contribution in [2.24, 2.45) is 17.8 Å². The molecule has 0 N–H and O–H groups in total. The molecule has 0 saturated heterocycles. The predicted octanol–water partition coefficient (Wildman–Crippen LogP) is 8.86. The molecule has 0 nitrogen and oxygen atoms in total. The average Bonchev–Trinajstić information content (AvgIpc) is 3.35. The zero-order valence-corrected chi connectivity index (χ0v) is 20.6. The quantitative estimate of drug-likeness (QED) is 0.426. The Bertz CT molecular complexity index is 1080. The Kier molecular flexibility index (Phi) is 6.54. The van der Waals surface area contributed by atoms with Crippen molar-refractivity contribution in [3.8, 4) is 0 Å². The number of allylic oxidation sites excluding steroid dienone is 8. The first-order chi connectivity index (χ1) is 16.1. The first-order valence-electron chi connectivity index (χ1n) is 13.1. The smallest absolute Gasteiger partial charge is 0.0281 e. The van der Waals surface area contributed by atoms with E-state index in [1.165, 1.54) is 59.1 Å². The molecule has 170 valence electrons. The van der Waals surface area contributed by atoms with Gasteiger partial charge < -0.3 is 0 Å². The van der Waals surface area contributed by atoms with Crippen LogP contribution in [0, 0.1) is 17.8 Å². The molecule has 1 atom stereocenters. The third kappa shape index (κ3) is 4.72. The van der Waals surface area contributed by atoms with E-state index in [1.54, 1.807) is 5.56 Å². The third-order valence-corrected chi connectivity index (χ3v) is 8.34. The van der Waals surface area contributed by atoms with Crippen LogP contribution in [-0.4, -0.2) is 0 Å². The van der Waals surface area contributed by atoms with Gasteiger partial charge in [0, 0.05) is 5.92 Å². The number of fused-ring (bicyclic) bond motifs is 1. The van der Waals surface area contributed by atoms with Crippen LogP contribution in [0.3, 0.4) is 0 Å². The fourth-order valence-electron chi connectivity index (χ4n) is 6.06. The molecular weight excluding hydrogens is 396 g/mol. The lowest BCUT2D eigenvalue weighted by Crippen LogP contribution is -2.17.